The summed E-state index contributed by atoms with van der Waals surface area (Å²) in [4.78, 5) is 0. The standard InChI is InChI=1S/C14H30N2/c1-3-4-7-12(2)16-11-14-9-6-5-8-13(14)10-15/h12-14,16H,3-11,15H2,1-2H3. The molecular weight excluding hydrogens is 196 g/mol. The fourth-order valence-corrected chi connectivity index (χ4v) is 2.83. The number of hydrogen-bond donors (Lipinski definition) is 2. The molecule has 3 N–H and O–H groups in total. The van der Waals surface area contributed by atoms with Gasteiger partial charge in [0.25, 0.3) is 0 Å². The molecule has 0 aromatic carbocycles. The SMILES string of the molecule is CCCCC(C)NCC1CCCCC1CN. The van der Waals surface area contributed by atoms with Gasteiger partial charge in [0.05, 0.1) is 0 Å². The zero-order valence-electron chi connectivity index (χ0n) is 11.2. The summed E-state index contributed by atoms with van der Waals surface area (Å²) in [5.74, 6) is 1.61. The van der Waals surface area contributed by atoms with Gasteiger partial charge in [0.1, 0.15) is 0 Å². The van der Waals surface area contributed by atoms with E-state index in [0.717, 1.165) is 18.4 Å². The topological polar surface area (TPSA) is 38.0 Å². The maximum absolute atomic E-state index is 5.85. The molecule has 0 aromatic rings. The van der Waals surface area contributed by atoms with E-state index in [-0.39, 0.29) is 0 Å². The van der Waals surface area contributed by atoms with Crippen LogP contribution in [0, 0.1) is 11.8 Å². The van der Waals surface area contributed by atoms with E-state index in [4.69, 9.17) is 5.73 Å². The normalized spacial score (nSPS) is 27.9. The molecule has 0 aliphatic heterocycles. The largest absolute Gasteiger partial charge is 0.330 e. The molecule has 2 heteroatoms. The summed E-state index contributed by atoms with van der Waals surface area (Å²) in [6, 6.07) is 0.681. The Morgan fingerprint density at radius 1 is 1.25 bits per heavy atom. The van der Waals surface area contributed by atoms with Gasteiger partial charge in [-0.15, -0.1) is 0 Å². The molecule has 1 aliphatic rings. The Balaban J connectivity index is 2.18. The Kier molecular flexibility index (Phi) is 7.06. The van der Waals surface area contributed by atoms with Gasteiger partial charge in [0, 0.05) is 6.04 Å². The lowest BCUT2D eigenvalue weighted by Gasteiger charge is -2.31. The first-order chi connectivity index (χ1) is 7.77. The van der Waals surface area contributed by atoms with Gasteiger partial charge >= 0.3 is 0 Å². The minimum atomic E-state index is 0.681. The first-order valence-corrected chi connectivity index (χ1v) is 7.21. The Bertz CT molecular complexity index is 170. The van der Waals surface area contributed by atoms with Crippen LogP contribution in [-0.4, -0.2) is 19.1 Å². The van der Waals surface area contributed by atoms with Gasteiger partial charge in [-0.2, -0.15) is 0 Å². The van der Waals surface area contributed by atoms with E-state index in [9.17, 15) is 0 Å². The molecular formula is C14H30N2. The fourth-order valence-electron chi connectivity index (χ4n) is 2.83. The van der Waals surface area contributed by atoms with Gasteiger partial charge in [-0.1, -0.05) is 32.6 Å². The first-order valence-electron chi connectivity index (χ1n) is 7.21. The molecule has 0 spiro atoms. The molecule has 1 fully saturated rings. The molecule has 16 heavy (non-hydrogen) atoms. The van der Waals surface area contributed by atoms with E-state index < -0.39 is 0 Å². The summed E-state index contributed by atoms with van der Waals surface area (Å²) in [6.07, 6.45) is 9.51. The third-order valence-corrected chi connectivity index (χ3v) is 4.09. The minimum absolute atomic E-state index is 0.681. The van der Waals surface area contributed by atoms with Crippen LogP contribution < -0.4 is 11.1 Å². The van der Waals surface area contributed by atoms with Crippen molar-refractivity contribution in [1.82, 2.24) is 5.32 Å². The molecule has 1 rings (SSSR count). The molecule has 1 saturated carbocycles. The van der Waals surface area contributed by atoms with E-state index in [0.29, 0.717) is 6.04 Å². The van der Waals surface area contributed by atoms with Crippen molar-refractivity contribution in [3.8, 4) is 0 Å². The second kappa shape index (κ2) is 8.08. The van der Waals surface area contributed by atoms with Crippen molar-refractivity contribution in [3.63, 3.8) is 0 Å². The molecule has 0 aromatic heterocycles. The van der Waals surface area contributed by atoms with Crippen molar-refractivity contribution in [1.29, 1.82) is 0 Å². The van der Waals surface area contributed by atoms with Crippen LogP contribution in [0.15, 0.2) is 0 Å². The summed E-state index contributed by atoms with van der Waals surface area (Å²) in [6.45, 7) is 6.65. The highest BCUT2D eigenvalue weighted by atomic mass is 14.9. The fraction of sp³-hybridized carbons (Fsp3) is 1.00. The predicted octanol–water partition coefficient (Wildman–Crippen LogP) is 2.92. The molecule has 0 amide bonds. The molecule has 0 radical (unpaired) electrons. The Morgan fingerprint density at radius 3 is 2.56 bits per heavy atom. The minimum Gasteiger partial charge on any atom is -0.330 e. The molecule has 0 bridgehead atoms. The average Bonchev–Trinajstić information content (AvgIpc) is 2.34. The number of unbranched alkanes of at least 4 members (excludes halogenated alkanes) is 1. The van der Waals surface area contributed by atoms with Crippen molar-refractivity contribution < 1.29 is 0 Å². The van der Waals surface area contributed by atoms with E-state index in [1.807, 2.05) is 0 Å². The summed E-state index contributed by atoms with van der Waals surface area (Å²) in [5.41, 5.74) is 5.85. The van der Waals surface area contributed by atoms with Crippen molar-refractivity contribution >= 4 is 0 Å². The van der Waals surface area contributed by atoms with Gasteiger partial charge < -0.3 is 11.1 Å². The molecule has 3 unspecified atom stereocenters. The number of rotatable bonds is 7. The zero-order valence-corrected chi connectivity index (χ0v) is 11.2. The second-order valence-corrected chi connectivity index (χ2v) is 5.49. The average molecular weight is 226 g/mol. The zero-order chi connectivity index (χ0) is 11.8. The van der Waals surface area contributed by atoms with Crippen LogP contribution in [0.2, 0.25) is 0 Å². The van der Waals surface area contributed by atoms with Crippen LogP contribution in [0.1, 0.15) is 58.8 Å². The predicted molar refractivity (Wildman–Crippen MR) is 71.5 cm³/mol. The first kappa shape index (κ1) is 14.0. The number of nitrogens with one attached hydrogen (secondary N) is 1. The molecule has 0 saturated heterocycles. The van der Waals surface area contributed by atoms with Gasteiger partial charge in [-0.05, 0) is 51.1 Å². The number of hydrogen-bond acceptors (Lipinski definition) is 2. The summed E-state index contributed by atoms with van der Waals surface area (Å²) < 4.78 is 0. The Morgan fingerprint density at radius 2 is 1.94 bits per heavy atom. The van der Waals surface area contributed by atoms with E-state index in [1.54, 1.807) is 0 Å². The third-order valence-electron chi connectivity index (χ3n) is 4.09. The quantitative estimate of drug-likeness (QED) is 0.700. The summed E-state index contributed by atoms with van der Waals surface area (Å²) in [5, 5.41) is 3.70. The lowest BCUT2D eigenvalue weighted by Crippen LogP contribution is -2.37. The molecule has 96 valence electrons. The molecule has 3 atom stereocenters. The van der Waals surface area contributed by atoms with E-state index in [2.05, 4.69) is 19.2 Å². The van der Waals surface area contributed by atoms with Crippen molar-refractivity contribution in [2.75, 3.05) is 13.1 Å². The van der Waals surface area contributed by atoms with Gasteiger partial charge in [-0.25, -0.2) is 0 Å². The lowest BCUT2D eigenvalue weighted by atomic mass is 9.79. The van der Waals surface area contributed by atoms with Gasteiger partial charge in [0.2, 0.25) is 0 Å². The van der Waals surface area contributed by atoms with Crippen LogP contribution in [0.4, 0.5) is 0 Å². The second-order valence-electron chi connectivity index (χ2n) is 5.49. The van der Waals surface area contributed by atoms with Crippen molar-refractivity contribution in [2.24, 2.45) is 17.6 Å². The smallest absolute Gasteiger partial charge is 0.00388 e. The monoisotopic (exact) mass is 226 g/mol. The Hall–Kier alpha value is -0.0800. The highest BCUT2D eigenvalue weighted by Gasteiger charge is 2.23. The third kappa shape index (κ3) is 4.84. The van der Waals surface area contributed by atoms with Crippen LogP contribution in [-0.2, 0) is 0 Å². The molecule has 0 heterocycles. The highest BCUT2D eigenvalue weighted by Crippen LogP contribution is 2.28. The van der Waals surface area contributed by atoms with Crippen LogP contribution >= 0.6 is 0 Å². The van der Waals surface area contributed by atoms with Crippen LogP contribution in [0.3, 0.4) is 0 Å². The number of nitrogens with two attached hydrogens (primary N) is 1. The molecule has 2 nitrogen and oxygen atoms in total. The van der Waals surface area contributed by atoms with Crippen LogP contribution in [0.25, 0.3) is 0 Å². The highest BCUT2D eigenvalue weighted by molar-refractivity contribution is 4.78. The summed E-state index contributed by atoms with van der Waals surface area (Å²) >= 11 is 0. The van der Waals surface area contributed by atoms with Crippen molar-refractivity contribution in [2.45, 2.75) is 64.8 Å². The maximum Gasteiger partial charge on any atom is 0.00388 e. The maximum atomic E-state index is 5.85. The summed E-state index contributed by atoms with van der Waals surface area (Å²) in [7, 11) is 0. The molecule has 1 aliphatic carbocycles. The lowest BCUT2D eigenvalue weighted by molar-refractivity contribution is 0.229. The van der Waals surface area contributed by atoms with Gasteiger partial charge in [0.15, 0.2) is 0 Å². The van der Waals surface area contributed by atoms with Crippen molar-refractivity contribution in [3.05, 3.63) is 0 Å². The van der Waals surface area contributed by atoms with Crippen LogP contribution in [0.5, 0.6) is 0 Å². The van der Waals surface area contributed by atoms with E-state index in [1.165, 1.54) is 51.5 Å². The van der Waals surface area contributed by atoms with Gasteiger partial charge in [-0.3, -0.25) is 0 Å². The Labute approximate surface area is 101 Å². The van der Waals surface area contributed by atoms with E-state index >= 15 is 0 Å².